The van der Waals surface area contributed by atoms with E-state index in [1.807, 2.05) is 30.3 Å². The lowest BCUT2D eigenvalue weighted by atomic mass is 9.99. The molecule has 0 aliphatic carbocycles. The van der Waals surface area contributed by atoms with E-state index in [-0.39, 0.29) is 24.1 Å². The maximum Gasteiger partial charge on any atom is 0.242 e. The summed E-state index contributed by atoms with van der Waals surface area (Å²) in [5.41, 5.74) is 3.71. The zero-order chi connectivity index (χ0) is 16.2. The number of carbonyl (C=O) groups excluding carboxylic acids is 1. The Kier molecular flexibility index (Phi) is 5.42. The summed E-state index contributed by atoms with van der Waals surface area (Å²) < 4.78 is 25.3. The van der Waals surface area contributed by atoms with E-state index in [4.69, 9.17) is 0 Å². The van der Waals surface area contributed by atoms with Crippen LogP contribution in [0.25, 0.3) is 0 Å². The van der Waals surface area contributed by atoms with Crippen LogP contribution in [0.4, 0.5) is 5.69 Å². The van der Waals surface area contributed by atoms with Gasteiger partial charge in [-0.25, -0.2) is 12.7 Å². The average molecular weight is 325 g/mol. The van der Waals surface area contributed by atoms with Crippen LogP contribution in [0.5, 0.6) is 0 Å². The van der Waals surface area contributed by atoms with E-state index in [0.29, 0.717) is 19.4 Å². The molecule has 1 amide bonds. The third kappa shape index (κ3) is 3.98. The van der Waals surface area contributed by atoms with Crippen LogP contribution in [0, 0.1) is 5.92 Å². The normalized spacial score (nSPS) is 19.6. The van der Waals surface area contributed by atoms with Crippen molar-refractivity contribution in [2.75, 3.05) is 30.9 Å². The van der Waals surface area contributed by atoms with Gasteiger partial charge in [-0.15, -0.1) is 0 Å². The largest absolute Gasteiger partial charge is 0.289 e. The number of anilines is 1. The summed E-state index contributed by atoms with van der Waals surface area (Å²) in [5.74, 6) is -0.366. The zero-order valence-electron chi connectivity index (χ0n) is 13.0. The molecule has 1 aromatic rings. The van der Waals surface area contributed by atoms with Gasteiger partial charge in [-0.05, 0) is 31.9 Å². The number of carbonyl (C=O) groups is 1. The fraction of sp³-hybridized carbons (Fsp3) is 0.533. The Morgan fingerprint density at radius 3 is 2.68 bits per heavy atom. The van der Waals surface area contributed by atoms with Gasteiger partial charge >= 0.3 is 0 Å². The number of hydrogen-bond donors (Lipinski definition) is 1. The van der Waals surface area contributed by atoms with Crippen LogP contribution in [0.1, 0.15) is 19.8 Å². The van der Waals surface area contributed by atoms with E-state index in [1.165, 1.54) is 4.31 Å². The van der Waals surface area contributed by atoms with Gasteiger partial charge in [-0.2, -0.15) is 0 Å². The molecule has 122 valence electrons. The van der Waals surface area contributed by atoms with Gasteiger partial charge in [0.2, 0.25) is 15.9 Å². The lowest BCUT2D eigenvalue weighted by Crippen LogP contribution is -2.49. The minimum absolute atomic E-state index is 0.0747. The molecular formula is C15H23N3O3S. The van der Waals surface area contributed by atoms with Crippen LogP contribution in [0.2, 0.25) is 0 Å². The molecule has 0 spiro atoms. The third-order valence-electron chi connectivity index (χ3n) is 3.93. The summed E-state index contributed by atoms with van der Waals surface area (Å²) in [5, 5.41) is 1.66. The van der Waals surface area contributed by atoms with Crippen LogP contribution in [0.15, 0.2) is 30.3 Å². The molecule has 22 heavy (non-hydrogen) atoms. The van der Waals surface area contributed by atoms with Crippen molar-refractivity contribution in [3.8, 4) is 0 Å². The predicted molar refractivity (Wildman–Crippen MR) is 86.7 cm³/mol. The van der Waals surface area contributed by atoms with E-state index in [2.05, 4.69) is 5.43 Å². The molecule has 1 atom stereocenters. The fourth-order valence-corrected chi connectivity index (χ4v) is 3.74. The smallest absolute Gasteiger partial charge is 0.242 e. The molecule has 1 aliphatic rings. The van der Waals surface area contributed by atoms with E-state index >= 15 is 0 Å². The molecule has 1 fully saturated rings. The van der Waals surface area contributed by atoms with Crippen molar-refractivity contribution in [2.24, 2.45) is 5.92 Å². The van der Waals surface area contributed by atoms with Gasteiger partial charge in [0.05, 0.1) is 17.4 Å². The molecule has 1 heterocycles. The average Bonchev–Trinajstić information content (AvgIpc) is 2.55. The van der Waals surface area contributed by atoms with E-state index < -0.39 is 10.0 Å². The van der Waals surface area contributed by atoms with Crippen molar-refractivity contribution < 1.29 is 13.2 Å². The highest BCUT2D eigenvalue weighted by Gasteiger charge is 2.31. The van der Waals surface area contributed by atoms with Crippen LogP contribution < -0.4 is 10.4 Å². The van der Waals surface area contributed by atoms with Crippen LogP contribution in [-0.2, 0) is 14.8 Å². The molecule has 1 aliphatic heterocycles. The highest BCUT2D eigenvalue weighted by Crippen LogP contribution is 2.20. The molecule has 6 nitrogen and oxygen atoms in total. The Balaban J connectivity index is 1.98. The molecule has 7 heteroatoms. The summed E-state index contributed by atoms with van der Waals surface area (Å²) in [4.78, 5) is 12.4. The van der Waals surface area contributed by atoms with E-state index in [0.717, 1.165) is 5.69 Å². The van der Waals surface area contributed by atoms with Crippen LogP contribution in [0.3, 0.4) is 0 Å². The number of nitrogens with zero attached hydrogens (tertiary/aromatic N) is 2. The quantitative estimate of drug-likeness (QED) is 0.826. The lowest BCUT2D eigenvalue weighted by molar-refractivity contribution is -0.126. The molecule has 2 rings (SSSR count). The Hall–Kier alpha value is -1.60. The monoisotopic (exact) mass is 325 g/mol. The van der Waals surface area contributed by atoms with Gasteiger partial charge in [-0.3, -0.25) is 15.2 Å². The molecule has 0 unspecified atom stereocenters. The SMILES string of the molecule is CCS(=O)(=O)N1CCC[C@@H](C(=O)NN(C)c2ccccc2)C1. The van der Waals surface area contributed by atoms with Crippen molar-refractivity contribution in [2.45, 2.75) is 19.8 Å². The summed E-state index contributed by atoms with van der Waals surface area (Å²) in [6.07, 6.45) is 1.43. The number of nitrogens with one attached hydrogen (secondary N) is 1. The second kappa shape index (κ2) is 7.11. The summed E-state index contributed by atoms with van der Waals surface area (Å²) >= 11 is 0. The first kappa shape index (κ1) is 16.8. The first-order chi connectivity index (χ1) is 10.4. The number of hydrogen-bond acceptors (Lipinski definition) is 4. The van der Waals surface area contributed by atoms with Crippen molar-refractivity contribution in [1.29, 1.82) is 0 Å². The van der Waals surface area contributed by atoms with E-state index in [1.54, 1.807) is 19.0 Å². The number of piperidine rings is 1. The van der Waals surface area contributed by atoms with Gasteiger partial charge < -0.3 is 0 Å². The standard InChI is InChI=1S/C15H23N3O3S/c1-3-22(20,21)18-11-7-8-13(12-18)15(19)16-17(2)14-9-5-4-6-10-14/h4-6,9-10,13H,3,7-8,11-12H2,1-2H3,(H,16,19)/t13-/m1/s1. The topological polar surface area (TPSA) is 69.7 Å². The van der Waals surface area contributed by atoms with Gasteiger partial charge in [0.1, 0.15) is 0 Å². The highest BCUT2D eigenvalue weighted by atomic mass is 32.2. The highest BCUT2D eigenvalue weighted by molar-refractivity contribution is 7.89. The van der Waals surface area contributed by atoms with Crippen molar-refractivity contribution in [3.05, 3.63) is 30.3 Å². The number of rotatable bonds is 5. The maximum absolute atomic E-state index is 12.4. The molecule has 0 saturated carbocycles. The molecule has 0 radical (unpaired) electrons. The third-order valence-corrected chi connectivity index (χ3v) is 5.78. The Morgan fingerprint density at radius 2 is 2.05 bits per heavy atom. The zero-order valence-corrected chi connectivity index (χ0v) is 13.8. The number of sulfonamides is 1. The molecule has 1 aromatic carbocycles. The molecular weight excluding hydrogens is 302 g/mol. The first-order valence-corrected chi connectivity index (χ1v) is 9.12. The summed E-state index contributed by atoms with van der Waals surface area (Å²) in [7, 11) is -1.45. The van der Waals surface area contributed by atoms with Crippen molar-refractivity contribution >= 4 is 21.6 Å². The van der Waals surface area contributed by atoms with Crippen molar-refractivity contribution in [1.82, 2.24) is 9.73 Å². The van der Waals surface area contributed by atoms with Gasteiger partial charge in [0, 0.05) is 20.1 Å². The summed E-state index contributed by atoms with van der Waals surface area (Å²) in [6, 6.07) is 9.50. The van der Waals surface area contributed by atoms with Gasteiger partial charge in [-0.1, -0.05) is 18.2 Å². The van der Waals surface area contributed by atoms with Crippen LogP contribution >= 0.6 is 0 Å². The molecule has 0 aromatic heterocycles. The van der Waals surface area contributed by atoms with Crippen molar-refractivity contribution in [3.63, 3.8) is 0 Å². The minimum atomic E-state index is -3.23. The molecule has 1 saturated heterocycles. The fourth-order valence-electron chi connectivity index (χ4n) is 2.56. The van der Waals surface area contributed by atoms with Crippen LogP contribution in [-0.4, -0.2) is 44.5 Å². The second-order valence-corrected chi connectivity index (χ2v) is 7.73. The Bertz CT molecular complexity index is 604. The molecule has 1 N–H and O–H groups in total. The molecule has 0 bridgehead atoms. The van der Waals surface area contributed by atoms with Gasteiger partial charge in [0.25, 0.3) is 0 Å². The number of benzene rings is 1. The Labute approximate surface area is 132 Å². The number of hydrazine groups is 1. The maximum atomic E-state index is 12.4. The number of para-hydroxylation sites is 1. The first-order valence-electron chi connectivity index (χ1n) is 7.51. The lowest BCUT2D eigenvalue weighted by Gasteiger charge is -2.32. The second-order valence-electron chi connectivity index (χ2n) is 5.47. The minimum Gasteiger partial charge on any atom is -0.289 e. The predicted octanol–water partition coefficient (Wildman–Crippen LogP) is 1.22. The number of amides is 1. The van der Waals surface area contributed by atoms with E-state index in [9.17, 15) is 13.2 Å². The Morgan fingerprint density at radius 1 is 1.36 bits per heavy atom. The van der Waals surface area contributed by atoms with Gasteiger partial charge in [0.15, 0.2) is 0 Å². The summed E-state index contributed by atoms with van der Waals surface area (Å²) in [6.45, 7) is 2.40.